The Balaban J connectivity index is 2.33. The van der Waals surface area contributed by atoms with Gasteiger partial charge in [0.15, 0.2) is 0 Å². The predicted octanol–water partition coefficient (Wildman–Crippen LogP) is 2.44. The van der Waals surface area contributed by atoms with Crippen LogP contribution in [0.2, 0.25) is 0 Å². The van der Waals surface area contributed by atoms with Gasteiger partial charge in [-0.05, 0) is 31.2 Å². The van der Waals surface area contributed by atoms with Crippen molar-refractivity contribution in [2.75, 3.05) is 0 Å². The quantitative estimate of drug-likeness (QED) is 0.575. The van der Waals surface area contributed by atoms with Crippen LogP contribution in [-0.2, 0) is 6.42 Å². The first-order chi connectivity index (χ1) is 8.22. The molecule has 17 heavy (non-hydrogen) atoms. The molecular formula is C13H19N3O. The number of carbonyl (C=O) groups is 1. The number of urea groups is 1. The van der Waals surface area contributed by atoms with Crippen molar-refractivity contribution in [1.82, 2.24) is 5.43 Å². The molecule has 3 N–H and O–H groups in total. The summed E-state index contributed by atoms with van der Waals surface area (Å²) < 4.78 is 0. The number of carbonyl (C=O) groups excluding carboxylic acids is 1. The fourth-order valence-corrected chi connectivity index (χ4v) is 1.59. The molecule has 0 fully saturated rings. The minimum Gasteiger partial charge on any atom is -0.350 e. The van der Waals surface area contributed by atoms with Crippen molar-refractivity contribution in [3.05, 3.63) is 35.9 Å². The molecule has 0 radical (unpaired) electrons. The van der Waals surface area contributed by atoms with E-state index in [0.29, 0.717) is 0 Å². The fourth-order valence-electron chi connectivity index (χ4n) is 1.59. The third-order valence-electron chi connectivity index (χ3n) is 2.51. The first-order valence-corrected chi connectivity index (χ1v) is 5.87. The number of hydrazone groups is 1. The number of rotatable bonds is 6. The van der Waals surface area contributed by atoms with Gasteiger partial charge in [-0.15, -0.1) is 0 Å². The summed E-state index contributed by atoms with van der Waals surface area (Å²) in [6, 6.07) is 9.71. The number of primary amides is 1. The van der Waals surface area contributed by atoms with Gasteiger partial charge in [0, 0.05) is 5.71 Å². The zero-order valence-electron chi connectivity index (χ0n) is 10.1. The minimum absolute atomic E-state index is 0.612. The third-order valence-corrected chi connectivity index (χ3v) is 2.51. The molecule has 0 aliphatic heterocycles. The molecule has 0 bridgehead atoms. The normalized spacial score (nSPS) is 11.2. The summed E-state index contributed by atoms with van der Waals surface area (Å²) in [6.45, 7) is 2.02. The summed E-state index contributed by atoms with van der Waals surface area (Å²) in [5, 5.41) is 3.97. The maximum Gasteiger partial charge on any atom is 0.332 e. The highest BCUT2D eigenvalue weighted by Gasteiger charge is 1.99. The molecular weight excluding hydrogens is 214 g/mol. The van der Waals surface area contributed by atoms with Crippen LogP contribution in [0.5, 0.6) is 0 Å². The van der Waals surface area contributed by atoms with Crippen LogP contribution in [0, 0.1) is 0 Å². The lowest BCUT2D eigenvalue weighted by Crippen LogP contribution is -2.25. The minimum atomic E-state index is -0.612. The van der Waals surface area contributed by atoms with E-state index in [0.717, 1.165) is 31.4 Å². The molecule has 0 heterocycles. The summed E-state index contributed by atoms with van der Waals surface area (Å²) >= 11 is 0. The molecule has 1 aromatic carbocycles. The van der Waals surface area contributed by atoms with E-state index in [1.807, 2.05) is 25.1 Å². The maximum absolute atomic E-state index is 10.5. The van der Waals surface area contributed by atoms with Gasteiger partial charge in [-0.3, -0.25) is 0 Å². The first kappa shape index (κ1) is 13.2. The van der Waals surface area contributed by atoms with E-state index in [-0.39, 0.29) is 0 Å². The van der Waals surface area contributed by atoms with Crippen molar-refractivity contribution in [1.29, 1.82) is 0 Å². The first-order valence-electron chi connectivity index (χ1n) is 5.87. The molecule has 0 atom stereocenters. The molecule has 92 valence electrons. The number of hydrogen-bond donors (Lipinski definition) is 2. The molecule has 4 heteroatoms. The zero-order chi connectivity index (χ0) is 12.5. The number of nitrogens with two attached hydrogens (primary N) is 1. The van der Waals surface area contributed by atoms with Crippen LogP contribution >= 0.6 is 0 Å². The second-order valence-corrected chi connectivity index (χ2v) is 3.85. The molecule has 2 amide bonds. The number of nitrogens with zero attached hydrogens (tertiary/aromatic N) is 1. The molecule has 1 rings (SSSR count). The predicted molar refractivity (Wildman–Crippen MR) is 69.8 cm³/mol. The molecule has 0 unspecified atom stereocenters. The highest BCUT2D eigenvalue weighted by molar-refractivity contribution is 5.85. The Morgan fingerprint density at radius 3 is 2.65 bits per heavy atom. The highest BCUT2D eigenvalue weighted by Crippen LogP contribution is 2.06. The van der Waals surface area contributed by atoms with E-state index in [9.17, 15) is 4.79 Å². The Labute approximate surface area is 102 Å². The lowest BCUT2D eigenvalue weighted by Gasteiger charge is -2.04. The maximum atomic E-state index is 10.5. The van der Waals surface area contributed by atoms with Crippen LogP contribution in [0.15, 0.2) is 35.4 Å². The van der Waals surface area contributed by atoms with Crippen LogP contribution < -0.4 is 11.2 Å². The average molecular weight is 233 g/mol. The van der Waals surface area contributed by atoms with Crippen LogP contribution in [0.25, 0.3) is 0 Å². The fraction of sp³-hybridized carbons (Fsp3) is 0.385. The summed E-state index contributed by atoms with van der Waals surface area (Å²) in [7, 11) is 0. The monoisotopic (exact) mass is 233 g/mol. The summed E-state index contributed by atoms with van der Waals surface area (Å²) in [5.74, 6) is 0. The number of amides is 2. The molecule has 0 saturated heterocycles. The Hall–Kier alpha value is -1.84. The van der Waals surface area contributed by atoms with Crippen molar-refractivity contribution in [2.45, 2.75) is 32.6 Å². The van der Waals surface area contributed by atoms with Crippen LogP contribution in [0.1, 0.15) is 31.7 Å². The van der Waals surface area contributed by atoms with Crippen molar-refractivity contribution >= 4 is 11.7 Å². The number of hydrogen-bond acceptors (Lipinski definition) is 2. The van der Waals surface area contributed by atoms with E-state index in [2.05, 4.69) is 22.7 Å². The van der Waals surface area contributed by atoms with Gasteiger partial charge in [0.25, 0.3) is 0 Å². The van der Waals surface area contributed by atoms with E-state index >= 15 is 0 Å². The second-order valence-electron chi connectivity index (χ2n) is 3.85. The van der Waals surface area contributed by atoms with Crippen molar-refractivity contribution in [3.8, 4) is 0 Å². The third kappa shape index (κ3) is 5.70. The topological polar surface area (TPSA) is 67.5 Å². The Kier molecular flexibility index (Phi) is 5.79. The molecule has 0 aliphatic rings. The van der Waals surface area contributed by atoms with E-state index < -0.39 is 6.03 Å². The van der Waals surface area contributed by atoms with Gasteiger partial charge in [0.05, 0.1) is 0 Å². The van der Waals surface area contributed by atoms with Gasteiger partial charge >= 0.3 is 6.03 Å². The van der Waals surface area contributed by atoms with Crippen molar-refractivity contribution in [2.24, 2.45) is 10.8 Å². The highest BCUT2D eigenvalue weighted by atomic mass is 16.2. The number of aryl methyl sites for hydroxylation is 1. The number of nitrogens with one attached hydrogen (secondary N) is 1. The lowest BCUT2D eigenvalue weighted by atomic mass is 10.1. The van der Waals surface area contributed by atoms with E-state index in [1.165, 1.54) is 5.56 Å². The largest absolute Gasteiger partial charge is 0.350 e. The van der Waals surface area contributed by atoms with E-state index in [4.69, 9.17) is 5.73 Å². The molecule has 0 aromatic heterocycles. The lowest BCUT2D eigenvalue weighted by molar-refractivity contribution is 0.249. The Bertz CT molecular complexity index is 374. The van der Waals surface area contributed by atoms with Gasteiger partial charge in [0.1, 0.15) is 0 Å². The van der Waals surface area contributed by atoms with Crippen LogP contribution in [-0.4, -0.2) is 11.7 Å². The van der Waals surface area contributed by atoms with Crippen molar-refractivity contribution in [3.63, 3.8) is 0 Å². The summed E-state index contributed by atoms with van der Waals surface area (Å²) in [6.07, 6.45) is 3.76. The van der Waals surface area contributed by atoms with Gasteiger partial charge in [-0.2, -0.15) is 5.10 Å². The standard InChI is InChI=1S/C13H19N3O/c1-2-12(15-16-13(14)17)10-6-9-11-7-4-3-5-8-11/h3-5,7-8H,2,6,9-10H2,1H3,(H3,14,16,17)/b15-12+. The number of benzene rings is 1. The van der Waals surface area contributed by atoms with Crippen LogP contribution in [0.3, 0.4) is 0 Å². The van der Waals surface area contributed by atoms with Crippen LogP contribution in [0.4, 0.5) is 4.79 Å². The van der Waals surface area contributed by atoms with Gasteiger partial charge in [-0.25, -0.2) is 10.2 Å². The molecule has 4 nitrogen and oxygen atoms in total. The Morgan fingerprint density at radius 2 is 2.06 bits per heavy atom. The average Bonchev–Trinajstić information content (AvgIpc) is 2.34. The Morgan fingerprint density at radius 1 is 1.35 bits per heavy atom. The summed E-state index contributed by atoms with van der Waals surface area (Å²) in [5.41, 5.74) is 9.53. The van der Waals surface area contributed by atoms with E-state index in [1.54, 1.807) is 0 Å². The molecule has 0 aliphatic carbocycles. The van der Waals surface area contributed by atoms with Gasteiger partial charge in [-0.1, -0.05) is 37.3 Å². The zero-order valence-corrected chi connectivity index (χ0v) is 10.1. The van der Waals surface area contributed by atoms with Crippen molar-refractivity contribution < 1.29 is 4.79 Å². The molecule has 0 spiro atoms. The molecule has 0 saturated carbocycles. The van der Waals surface area contributed by atoms with Gasteiger partial charge in [0.2, 0.25) is 0 Å². The summed E-state index contributed by atoms with van der Waals surface area (Å²) in [4.78, 5) is 10.5. The SMILES string of the molecule is CC/C(CCCc1ccccc1)=N\NC(N)=O. The second kappa shape index (κ2) is 7.44. The molecule has 1 aromatic rings. The smallest absolute Gasteiger partial charge is 0.332 e. The van der Waals surface area contributed by atoms with Gasteiger partial charge < -0.3 is 5.73 Å².